The van der Waals surface area contributed by atoms with Crippen LogP contribution in [-0.4, -0.2) is 16.1 Å². The van der Waals surface area contributed by atoms with Crippen molar-refractivity contribution in [3.63, 3.8) is 0 Å². The fourth-order valence-electron chi connectivity index (χ4n) is 1.71. The highest BCUT2D eigenvalue weighted by Crippen LogP contribution is 2.04. The number of aryl methyl sites for hydroxylation is 1. The molecule has 0 bridgehead atoms. The van der Waals surface area contributed by atoms with Gasteiger partial charge in [0.15, 0.2) is 10.2 Å². The van der Waals surface area contributed by atoms with E-state index in [2.05, 4.69) is 21.5 Å². The Morgan fingerprint density at radius 3 is 2.13 bits per heavy atom. The maximum Gasteiger partial charge on any atom is 0.257 e. The van der Waals surface area contributed by atoms with Crippen LogP contribution in [0.25, 0.3) is 0 Å². The Morgan fingerprint density at radius 2 is 1.48 bits per heavy atom. The van der Waals surface area contributed by atoms with Gasteiger partial charge in [0.1, 0.15) is 0 Å². The zero-order valence-electron chi connectivity index (χ0n) is 12.4. The second-order valence-electron chi connectivity index (χ2n) is 4.72. The molecule has 7 heteroatoms. The Kier molecular flexibility index (Phi) is 6.02. The Balaban J connectivity index is 1.77. The van der Waals surface area contributed by atoms with Crippen molar-refractivity contribution >= 4 is 46.3 Å². The molecule has 0 saturated carbocycles. The molecule has 0 fully saturated rings. The first-order valence-electron chi connectivity index (χ1n) is 6.84. The summed E-state index contributed by atoms with van der Waals surface area (Å²) in [5.41, 5.74) is 7.84. The second kappa shape index (κ2) is 8.21. The number of benzene rings is 2. The average molecular weight is 344 g/mol. The van der Waals surface area contributed by atoms with Crippen molar-refractivity contribution in [1.29, 1.82) is 0 Å². The van der Waals surface area contributed by atoms with Gasteiger partial charge in [0.25, 0.3) is 5.91 Å². The number of carbonyl (C=O) groups is 1. The van der Waals surface area contributed by atoms with Gasteiger partial charge in [-0.1, -0.05) is 35.9 Å². The van der Waals surface area contributed by atoms with Crippen molar-refractivity contribution in [2.24, 2.45) is 0 Å². The molecule has 2 aromatic carbocycles. The summed E-state index contributed by atoms with van der Waals surface area (Å²) in [6.45, 7) is 1.96. The first kappa shape index (κ1) is 16.9. The molecule has 118 valence electrons. The maximum absolute atomic E-state index is 12.0. The van der Waals surface area contributed by atoms with E-state index in [0.717, 1.165) is 11.3 Å². The summed E-state index contributed by atoms with van der Waals surface area (Å²) in [4.78, 5) is 12.0. The lowest BCUT2D eigenvalue weighted by Crippen LogP contribution is -2.49. The fraction of sp³-hybridized carbons (Fsp3) is 0.0625. The highest BCUT2D eigenvalue weighted by molar-refractivity contribution is 7.80. The molecule has 0 unspecified atom stereocenters. The zero-order chi connectivity index (χ0) is 16.7. The number of thiocarbonyl (C=S) groups is 2. The van der Waals surface area contributed by atoms with Crippen LogP contribution in [0, 0.1) is 6.92 Å². The Hall–Kier alpha value is -2.51. The van der Waals surface area contributed by atoms with Crippen molar-refractivity contribution in [3.05, 3.63) is 65.7 Å². The molecule has 0 aliphatic heterocycles. The van der Waals surface area contributed by atoms with Crippen molar-refractivity contribution in [1.82, 2.24) is 16.2 Å². The van der Waals surface area contributed by atoms with Crippen LogP contribution in [0.3, 0.4) is 0 Å². The molecule has 1 amide bonds. The number of anilines is 1. The van der Waals surface area contributed by atoms with E-state index in [4.69, 9.17) is 24.4 Å². The summed E-state index contributed by atoms with van der Waals surface area (Å²) >= 11 is 10.2. The summed E-state index contributed by atoms with van der Waals surface area (Å²) < 4.78 is 0. The number of carbonyl (C=O) groups excluding carboxylic acids is 1. The number of hydrazine groups is 1. The number of nitrogens with one attached hydrogen (secondary N) is 4. The van der Waals surface area contributed by atoms with E-state index in [1.165, 1.54) is 0 Å². The van der Waals surface area contributed by atoms with E-state index < -0.39 is 0 Å². The van der Waals surface area contributed by atoms with Crippen molar-refractivity contribution in [2.75, 3.05) is 5.32 Å². The fourth-order valence-corrected chi connectivity index (χ4v) is 2.02. The Bertz CT molecular complexity index is 702. The minimum absolute atomic E-state index is 0.132. The molecule has 0 aliphatic carbocycles. The molecular weight excluding hydrogens is 328 g/mol. The first-order chi connectivity index (χ1) is 11.0. The van der Waals surface area contributed by atoms with E-state index in [1.54, 1.807) is 12.1 Å². The third-order valence-corrected chi connectivity index (χ3v) is 3.27. The smallest absolute Gasteiger partial charge is 0.257 e. The summed E-state index contributed by atoms with van der Waals surface area (Å²) in [5, 5.41) is 6.01. The summed E-state index contributed by atoms with van der Waals surface area (Å²) in [7, 11) is 0. The van der Waals surface area contributed by atoms with Gasteiger partial charge in [-0.25, -0.2) is 0 Å². The molecule has 23 heavy (non-hydrogen) atoms. The van der Waals surface area contributed by atoms with Crippen LogP contribution in [0.4, 0.5) is 5.69 Å². The molecular formula is C16H16N4OS2. The molecule has 0 atom stereocenters. The number of rotatable bonds is 2. The van der Waals surface area contributed by atoms with Crippen LogP contribution in [0.15, 0.2) is 54.6 Å². The highest BCUT2D eigenvalue weighted by atomic mass is 32.1. The molecule has 4 N–H and O–H groups in total. The van der Waals surface area contributed by atoms with Gasteiger partial charge in [-0.3, -0.25) is 21.0 Å². The van der Waals surface area contributed by atoms with E-state index >= 15 is 0 Å². The number of hydrogen-bond acceptors (Lipinski definition) is 3. The normalized spacial score (nSPS) is 9.61. The van der Waals surface area contributed by atoms with Crippen molar-refractivity contribution in [2.45, 2.75) is 6.92 Å². The van der Waals surface area contributed by atoms with Crippen LogP contribution in [0.5, 0.6) is 0 Å². The molecule has 0 saturated heterocycles. The van der Waals surface area contributed by atoms with Gasteiger partial charge in [0.2, 0.25) is 0 Å². The van der Waals surface area contributed by atoms with Crippen LogP contribution in [-0.2, 0) is 0 Å². The van der Waals surface area contributed by atoms with Gasteiger partial charge in [-0.15, -0.1) is 0 Å². The maximum atomic E-state index is 12.0. The van der Waals surface area contributed by atoms with Gasteiger partial charge in [0, 0.05) is 11.3 Å². The summed E-state index contributed by atoms with van der Waals surface area (Å²) in [6.07, 6.45) is 0. The van der Waals surface area contributed by atoms with Gasteiger partial charge in [0.05, 0.1) is 0 Å². The van der Waals surface area contributed by atoms with Gasteiger partial charge in [-0.2, -0.15) is 0 Å². The topological polar surface area (TPSA) is 65.2 Å². The highest BCUT2D eigenvalue weighted by Gasteiger charge is 2.07. The summed E-state index contributed by atoms with van der Waals surface area (Å²) in [6, 6.07) is 16.7. The van der Waals surface area contributed by atoms with Crippen molar-refractivity contribution in [3.8, 4) is 0 Å². The minimum Gasteiger partial charge on any atom is -0.331 e. The lowest BCUT2D eigenvalue weighted by molar-refractivity contribution is 0.0976. The van der Waals surface area contributed by atoms with E-state index in [0.29, 0.717) is 10.7 Å². The molecule has 0 spiro atoms. The predicted molar refractivity (Wildman–Crippen MR) is 100 cm³/mol. The zero-order valence-corrected chi connectivity index (χ0v) is 14.1. The number of hydrogen-bond donors (Lipinski definition) is 4. The van der Waals surface area contributed by atoms with E-state index in [-0.39, 0.29) is 11.0 Å². The number of para-hydroxylation sites is 1. The van der Waals surface area contributed by atoms with Gasteiger partial charge < -0.3 is 5.32 Å². The molecule has 5 nitrogen and oxygen atoms in total. The van der Waals surface area contributed by atoms with Crippen LogP contribution < -0.4 is 21.5 Å². The van der Waals surface area contributed by atoms with Crippen molar-refractivity contribution < 1.29 is 4.79 Å². The largest absolute Gasteiger partial charge is 0.331 e. The second-order valence-corrected chi connectivity index (χ2v) is 5.54. The number of amides is 1. The first-order valence-corrected chi connectivity index (χ1v) is 7.66. The summed E-state index contributed by atoms with van der Waals surface area (Å²) in [5.74, 6) is -0.286. The minimum atomic E-state index is -0.286. The van der Waals surface area contributed by atoms with Gasteiger partial charge in [-0.05, 0) is 55.6 Å². The molecule has 0 radical (unpaired) electrons. The molecule has 0 aliphatic rings. The Labute approximate surface area is 145 Å². The lowest BCUT2D eigenvalue weighted by atomic mass is 10.1. The molecule has 0 aromatic heterocycles. The quantitative estimate of drug-likeness (QED) is 0.496. The monoisotopic (exact) mass is 344 g/mol. The van der Waals surface area contributed by atoms with Crippen LogP contribution in [0.2, 0.25) is 0 Å². The van der Waals surface area contributed by atoms with Crippen LogP contribution in [0.1, 0.15) is 15.9 Å². The molecule has 2 aromatic rings. The Morgan fingerprint density at radius 1 is 0.870 bits per heavy atom. The standard InChI is InChI=1S/C16H16N4OS2/c1-11-7-9-12(10-8-11)14(21)18-16(23)20-19-15(22)17-13-5-3-2-4-6-13/h2-10H,1H3,(H2,17,19,22)(H2,18,20,21,23). The lowest BCUT2D eigenvalue weighted by Gasteiger charge is -2.13. The third kappa shape index (κ3) is 5.65. The van der Waals surface area contributed by atoms with E-state index in [9.17, 15) is 4.79 Å². The third-order valence-electron chi connectivity index (χ3n) is 2.86. The predicted octanol–water partition coefficient (Wildman–Crippen LogP) is 2.50. The molecule has 2 rings (SSSR count). The molecule has 0 heterocycles. The van der Waals surface area contributed by atoms with E-state index in [1.807, 2.05) is 49.4 Å². The average Bonchev–Trinajstić information content (AvgIpc) is 2.54. The van der Waals surface area contributed by atoms with Gasteiger partial charge >= 0.3 is 0 Å². The SMILES string of the molecule is Cc1ccc(C(=O)NC(=S)NNC(=S)Nc2ccccc2)cc1. The van der Waals surface area contributed by atoms with Crippen LogP contribution >= 0.6 is 24.4 Å².